The summed E-state index contributed by atoms with van der Waals surface area (Å²) in [4.78, 5) is 26.7. The van der Waals surface area contributed by atoms with Gasteiger partial charge in [0.15, 0.2) is 0 Å². The summed E-state index contributed by atoms with van der Waals surface area (Å²) in [6.45, 7) is 3.92. The Labute approximate surface area is 210 Å². The van der Waals surface area contributed by atoms with Gasteiger partial charge < -0.3 is 10.2 Å². The molecule has 0 saturated carbocycles. The molecule has 9 heteroatoms. The lowest BCUT2D eigenvalue weighted by Crippen LogP contribution is -2.38. The quantitative estimate of drug-likeness (QED) is 0.488. The molecule has 1 fully saturated rings. The number of sulfonamides is 1. The van der Waals surface area contributed by atoms with Crippen molar-refractivity contribution < 1.29 is 18.0 Å². The summed E-state index contributed by atoms with van der Waals surface area (Å²) in [5.74, 6) is -0.433. The van der Waals surface area contributed by atoms with Gasteiger partial charge in [-0.15, -0.1) is 0 Å². The van der Waals surface area contributed by atoms with Crippen LogP contribution in [0.25, 0.3) is 0 Å². The molecule has 35 heavy (non-hydrogen) atoms. The molecule has 1 saturated heterocycles. The first kappa shape index (κ1) is 24.8. The maximum Gasteiger partial charge on any atom is 0.264 e. The monoisotopic (exact) mass is 511 g/mol. The summed E-state index contributed by atoms with van der Waals surface area (Å²) in [5.41, 5.74) is 3.28. The number of hydrogen-bond acceptors (Lipinski definition) is 4. The summed E-state index contributed by atoms with van der Waals surface area (Å²) >= 11 is 6.27. The van der Waals surface area contributed by atoms with Gasteiger partial charge in [-0.25, -0.2) is 8.42 Å². The van der Waals surface area contributed by atoms with Gasteiger partial charge in [-0.2, -0.15) is 0 Å². The average molecular weight is 512 g/mol. The summed E-state index contributed by atoms with van der Waals surface area (Å²) < 4.78 is 28.1. The normalized spacial score (nSPS) is 13.7. The number of carbonyl (C=O) groups excluding carboxylic acids is 2. The fourth-order valence-electron chi connectivity index (χ4n) is 3.87. The predicted octanol–water partition coefficient (Wildman–Crippen LogP) is 4.92. The molecule has 0 aliphatic carbocycles. The van der Waals surface area contributed by atoms with Crippen molar-refractivity contribution in [1.82, 2.24) is 0 Å². The lowest BCUT2D eigenvalue weighted by molar-refractivity contribution is -0.117. The second-order valence-corrected chi connectivity index (χ2v) is 10.8. The Morgan fingerprint density at radius 3 is 2.31 bits per heavy atom. The van der Waals surface area contributed by atoms with Gasteiger partial charge in [0.05, 0.1) is 10.6 Å². The average Bonchev–Trinajstić information content (AvgIpc) is 3.26. The van der Waals surface area contributed by atoms with Crippen LogP contribution >= 0.6 is 11.6 Å². The molecule has 0 aromatic heterocycles. The van der Waals surface area contributed by atoms with E-state index in [1.54, 1.807) is 53.4 Å². The minimum Gasteiger partial charge on any atom is -0.325 e. The van der Waals surface area contributed by atoms with Crippen molar-refractivity contribution in [2.45, 2.75) is 31.6 Å². The number of anilines is 3. The topological polar surface area (TPSA) is 86.8 Å². The summed E-state index contributed by atoms with van der Waals surface area (Å²) in [6.07, 6.45) is 1.36. The molecular weight excluding hydrogens is 486 g/mol. The molecule has 1 aliphatic rings. The Hall–Kier alpha value is -3.36. The maximum atomic E-state index is 13.5. The van der Waals surface area contributed by atoms with E-state index in [2.05, 4.69) is 5.32 Å². The van der Waals surface area contributed by atoms with Gasteiger partial charge in [0.1, 0.15) is 6.54 Å². The van der Waals surface area contributed by atoms with Gasteiger partial charge in [0.25, 0.3) is 10.0 Å². The summed E-state index contributed by atoms with van der Waals surface area (Å²) in [5, 5.41) is 3.15. The third-order valence-corrected chi connectivity index (χ3v) is 8.07. The zero-order valence-corrected chi connectivity index (χ0v) is 21.1. The molecule has 2 amide bonds. The number of nitrogens with one attached hydrogen (secondary N) is 1. The van der Waals surface area contributed by atoms with Crippen molar-refractivity contribution in [1.29, 1.82) is 0 Å². The van der Waals surface area contributed by atoms with Crippen LogP contribution in [-0.2, 0) is 19.6 Å². The van der Waals surface area contributed by atoms with E-state index in [0.717, 1.165) is 27.5 Å². The number of rotatable bonds is 7. The molecule has 1 aliphatic heterocycles. The molecule has 0 bridgehead atoms. The van der Waals surface area contributed by atoms with E-state index in [0.29, 0.717) is 29.4 Å². The molecular formula is C26H26ClN3O4S. The van der Waals surface area contributed by atoms with Crippen molar-refractivity contribution in [2.75, 3.05) is 27.6 Å². The number of amides is 2. The first-order chi connectivity index (χ1) is 16.6. The highest BCUT2D eigenvalue weighted by Gasteiger charge is 2.28. The molecule has 4 rings (SSSR count). The van der Waals surface area contributed by atoms with E-state index >= 15 is 0 Å². The van der Waals surface area contributed by atoms with Crippen LogP contribution in [0.1, 0.15) is 24.0 Å². The van der Waals surface area contributed by atoms with E-state index in [9.17, 15) is 18.0 Å². The third kappa shape index (κ3) is 5.49. The van der Waals surface area contributed by atoms with Crippen LogP contribution in [0.3, 0.4) is 0 Å². The summed E-state index contributed by atoms with van der Waals surface area (Å²) in [7, 11) is -4.04. The van der Waals surface area contributed by atoms with Gasteiger partial charge in [-0.05, 0) is 74.4 Å². The Bertz CT molecular complexity index is 1360. The van der Waals surface area contributed by atoms with Crippen LogP contribution < -0.4 is 14.5 Å². The van der Waals surface area contributed by atoms with Crippen LogP contribution in [0.15, 0.2) is 71.6 Å². The number of benzene rings is 3. The number of halogens is 1. The smallest absolute Gasteiger partial charge is 0.264 e. The Kier molecular flexibility index (Phi) is 7.14. The third-order valence-electron chi connectivity index (χ3n) is 5.88. The van der Waals surface area contributed by atoms with Gasteiger partial charge >= 0.3 is 0 Å². The van der Waals surface area contributed by atoms with Crippen molar-refractivity contribution in [3.05, 3.63) is 82.9 Å². The second kappa shape index (κ2) is 10.1. The minimum atomic E-state index is -4.04. The molecule has 0 unspecified atom stereocenters. The second-order valence-electron chi connectivity index (χ2n) is 8.50. The predicted molar refractivity (Wildman–Crippen MR) is 139 cm³/mol. The maximum absolute atomic E-state index is 13.5. The highest BCUT2D eigenvalue weighted by atomic mass is 35.5. The number of hydrogen-bond donors (Lipinski definition) is 1. The molecule has 3 aromatic rings. The fourth-order valence-corrected chi connectivity index (χ4v) is 5.45. The van der Waals surface area contributed by atoms with Gasteiger partial charge in [0.2, 0.25) is 11.8 Å². The van der Waals surface area contributed by atoms with Gasteiger partial charge in [-0.3, -0.25) is 13.9 Å². The Morgan fingerprint density at radius 1 is 1.03 bits per heavy atom. The van der Waals surface area contributed by atoms with E-state index in [-0.39, 0.29) is 10.8 Å². The first-order valence-electron chi connectivity index (χ1n) is 11.2. The van der Waals surface area contributed by atoms with E-state index in [1.165, 1.54) is 18.2 Å². The highest BCUT2D eigenvalue weighted by Crippen LogP contribution is 2.29. The standard InChI is InChI=1S/C26H26ClN3O4S/c1-18-5-13-23(14-6-18)35(33,34)30(22-10-7-19(2)24(27)16-22)17-25(31)28-20-8-11-21(12-9-20)29-15-3-4-26(29)32/h5-14,16H,3-4,15,17H2,1-2H3,(H,28,31). The molecule has 0 atom stereocenters. The molecule has 1 heterocycles. The van der Waals surface area contributed by atoms with E-state index in [1.807, 2.05) is 13.8 Å². The van der Waals surface area contributed by atoms with Crippen molar-refractivity contribution in [3.8, 4) is 0 Å². The SMILES string of the molecule is Cc1ccc(S(=O)(=O)N(CC(=O)Nc2ccc(N3CCCC3=O)cc2)c2ccc(C)c(Cl)c2)cc1. The zero-order chi connectivity index (χ0) is 25.2. The Balaban J connectivity index is 1.58. The lowest BCUT2D eigenvalue weighted by Gasteiger charge is -2.25. The van der Waals surface area contributed by atoms with E-state index < -0.39 is 22.5 Å². The van der Waals surface area contributed by atoms with Crippen molar-refractivity contribution in [3.63, 3.8) is 0 Å². The summed E-state index contributed by atoms with van der Waals surface area (Å²) in [6, 6.07) is 18.2. The molecule has 1 N–H and O–H groups in total. The molecule has 0 radical (unpaired) electrons. The number of aryl methyl sites for hydroxylation is 2. The number of nitrogens with zero attached hydrogens (tertiary/aromatic N) is 2. The lowest BCUT2D eigenvalue weighted by atomic mass is 10.2. The molecule has 7 nitrogen and oxygen atoms in total. The zero-order valence-electron chi connectivity index (χ0n) is 19.5. The molecule has 182 valence electrons. The largest absolute Gasteiger partial charge is 0.325 e. The number of carbonyl (C=O) groups is 2. The van der Waals surface area contributed by atoms with Crippen LogP contribution in [0.2, 0.25) is 5.02 Å². The van der Waals surface area contributed by atoms with Crippen LogP contribution in [0, 0.1) is 13.8 Å². The van der Waals surface area contributed by atoms with Crippen LogP contribution in [-0.4, -0.2) is 33.3 Å². The van der Waals surface area contributed by atoms with Gasteiger partial charge in [0, 0.05) is 29.4 Å². The van der Waals surface area contributed by atoms with Gasteiger partial charge in [-0.1, -0.05) is 35.4 Å². The highest BCUT2D eigenvalue weighted by molar-refractivity contribution is 7.92. The van der Waals surface area contributed by atoms with Crippen LogP contribution in [0.4, 0.5) is 17.1 Å². The van der Waals surface area contributed by atoms with Crippen LogP contribution in [0.5, 0.6) is 0 Å². The minimum absolute atomic E-state index is 0.0761. The fraction of sp³-hybridized carbons (Fsp3) is 0.231. The van der Waals surface area contributed by atoms with Crippen molar-refractivity contribution >= 4 is 50.5 Å². The van der Waals surface area contributed by atoms with Crippen molar-refractivity contribution in [2.24, 2.45) is 0 Å². The Morgan fingerprint density at radius 2 is 1.71 bits per heavy atom. The first-order valence-corrected chi connectivity index (χ1v) is 13.0. The van der Waals surface area contributed by atoms with E-state index in [4.69, 9.17) is 11.6 Å². The molecule has 0 spiro atoms. The molecule has 3 aromatic carbocycles.